The van der Waals surface area contributed by atoms with Gasteiger partial charge in [0.05, 0.1) is 13.2 Å². The van der Waals surface area contributed by atoms with Gasteiger partial charge in [0.15, 0.2) is 6.29 Å². The number of hydrogen-bond acceptors (Lipinski definition) is 6. The molecule has 0 spiro atoms. The first-order chi connectivity index (χ1) is 11.3. The smallest absolute Gasteiger partial charge is 0.217 e. The van der Waals surface area contributed by atoms with Gasteiger partial charge in [0.2, 0.25) is 5.91 Å². The number of benzene rings is 1. The van der Waals surface area contributed by atoms with Crippen molar-refractivity contribution in [1.29, 1.82) is 0 Å². The molecule has 0 aromatic heterocycles. The lowest BCUT2D eigenvalue weighted by Crippen LogP contribution is -2.64. The number of halogens is 2. The summed E-state index contributed by atoms with van der Waals surface area (Å²) in [6.07, 6.45) is -4.82. The summed E-state index contributed by atoms with van der Waals surface area (Å²) in [5, 5.41) is 32.7. The van der Waals surface area contributed by atoms with Crippen LogP contribution < -0.4 is 5.32 Å². The first-order valence-corrected chi connectivity index (χ1v) is 8.04. The van der Waals surface area contributed by atoms with E-state index >= 15 is 0 Å². The molecule has 1 fully saturated rings. The van der Waals surface area contributed by atoms with Crippen LogP contribution in [0.1, 0.15) is 12.5 Å². The van der Waals surface area contributed by atoms with Crippen LogP contribution in [0.2, 0.25) is 10.0 Å². The molecule has 7 nitrogen and oxygen atoms in total. The standard InChI is InChI=1S/C15H19Cl2NO6/c1-7(20)18-12-14(22)13(21)11(5-19)24-15(12)23-6-8-2-3-9(16)4-10(8)17/h2-4,11-15,19,21-22H,5-6H2,1H3,(H,18,20). The largest absolute Gasteiger partial charge is 0.394 e. The first-order valence-electron chi connectivity index (χ1n) is 7.28. The van der Waals surface area contributed by atoms with Crippen molar-refractivity contribution in [2.75, 3.05) is 6.61 Å². The van der Waals surface area contributed by atoms with E-state index in [0.717, 1.165) is 0 Å². The van der Waals surface area contributed by atoms with Crippen LogP contribution in [0.5, 0.6) is 0 Å². The Balaban J connectivity index is 2.12. The summed E-state index contributed by atoms with van der Waals surface area (Å²) in [5.41, 5.74) is 0.632. The van der Waals surface area contributed by atoms with Crippen molar-refractivity contribution >= 4 is 29.1 Å². The van der Waals surface area contributed by atoms with Gasteiger partial charge in [0.1, 0.15) is 24.4 Å². The maximum atomic E-state index is 11.3. The minimum Gasteiger partial charge on any atom is -0.394 e. The van der Waals surface area contributed by atoms with Gasteiger partial charge < -0.3 is 30.1 Å². The summed E-state index contributed by atoms with van der Waals surface area (Å²) in [7, 11) is 0. The summed E-state index contributed by atoms with van der Waals surface area (Å²) in [6.45, 7) is 0.786. The van der Waals surface area contributed by atoms with Crippen LogP contribution in [0.4, 0.5) is 0 Å². The van der Waals surface area contributed by atoms with E-state index in [1.54, 1.807) is 18.2 Å². The van der Waals surface area contributed by atoms with E-state index in [9.17, 15) is 20.1 Å². The Labute approximate surface area is 149 Å². The molecule has 1 aliphatic rings. The van der Waals surface area contributed by atoms with E-state index in [1.807, 2.05) is 0 Å². The zero-order valence-corrected chi connectivity index (χ0v) is 14.4. The van der Waals surface area contributed by atoms with Gasteiger partial charge in [-0.3, -0.25) is 4.79 Å². The Morgan fingerprint density at radius 3 is 2.62 bits per heavy atom. The molecule has 134 valence electrons. The normalized spacial score (nSPS) is 30.2. The fourth-order valence-corrected chi connectivity index (χ4v) is 2.89. The van der Waals surface area contributed by atoms with Gasteiger partial charge in [0.25, 0.3) is 0 Å². The zero-order chi connectivity index (χ0) is 17.9. The highest BCUT2D eigenvalue weighted by Crippen LogP contribution is 2.26. The average Bonchev–Trinajstić information content (AvgIpc) is 2.52. The highest BCUT2D eigenvalue weighted by atomic mass is 35.5. The molecule has 1 heterocycles. The number of rotatable bonds is 5. The Morgan fingerprint density at radius 1 is 1.33 bits per heavy atom. The third kappa shape index (κ3) is 4.58. The molecule has 1 saturated heterocycles. The quantitative estimate of drug-likeness (QED) is 0.591. The molecule has 9 heteroatoms. The number of nitrogens with one attached hydrogen (secondary N) is 1. The molecular formula is C15H19Cl2NO6. The lowest BCUT2D eigenvalue weighted by Gasteiger charge is -2.42. The van der Waals surface area contributed by atoms with Crippen LogP contribution in [-0.4, -0.2) is 58.5 Å². The van der Waals surface area contributed by atoms with E-state index in [4.69, 9.17) is 32.7 Å². The van der Waals surface area contributed by atoms with Crippen LogP contribution in [0.3, 0.4) is 0 Å². The lowest BCUT2D eigenvalue weighted by atomic mass is 9.97. The number of carbonyl (C=O) groups excluding carboxylic acids is 1. The molecule has 2 rings (SSSR count). The summed E-state index contributed by atoms with van der Waals surface area (Å²) < 4.78 is 11.1. The molecule has 0 aliphatic carbocycles. The van der Waals surface area contributed by atoms with Crippen LogP contribution in [0.15, 0.2) is 18.2 Å². The van der Waals surface area contributed by atoms with Gasteiger partial charge in [-0.2, -0.15) is 0 Å². The second-order valence-electron chi connectivity index (χ2n) is 5.48. The molecule has 5 atom stereocenters. The van der Waals surface area contributed by atoms with E-state index in [-0.39, 0.29) is 6.61 Å². The van der Waals surface area contributed by atoms with Crippen LogP contribution in [0.25, 0.3) is 0 Å². The zero-order valence-electron chi connectivity index (χ0n) is 12.9. The number of amides is 1. The van der Waals surface area contributed by atoms with Gasteiger partial charge in [-0.25, -0.2) is 0 Å². The Bertz CT molecular complexity index is 587. The summed E-state index contributed by atoms with van der Waals surface area (Å²) in [6, 6.07) is 3.89. The highest BCUT2D eigenvalue weighted by Gasteiger charge is 2.45. The van der Waals surface area contributed by atoms with Crippen molar-refractivity contribution < 1.29 is 29.6 Å². The van der Waals surface area contributed by atoms with Crippen molar-refractivity contribution in [3.8, 4) is 0 Å². The lowest BCUT2D eigenvalue weighted by molar-refractivity contribution is -0.273. The minimum atomic E-state index is -1.36. The molecule has 24 heavy (non-hydrogen) atoms. The predicted molar refractivity (Wildman–Crippen MR) is 86.6 cm³/mol. The van der Waals surface area contributed by atoms with E-state index in [0.29, 0.717) is 15.6 Å². The van der Waals surface area contributed by atoms with Gasteiger partial charge in [-0.1, -0.05) is 29.3 Å². The second-order valence-corrected chi connectivity index (χ2v) is 6.32. The third-order valence-electron chi connectivity index (χ3n) is 3.67. The average molecular weight is 380 g/mol. The van der Waals surface area contributed by atoms with E-state index in [1.165, 1.54) is 6.92 Å². The predicted octanol–water partition coefficient (Wildman–Crippen LogP) is 0.454. The second kappa shape index (κ2) is 8.44. The van der Waals surface area contributed by atoms with E-state index < -0.39 is 43.2 Å². The van der Waals surface area contributed by atoms with Crippen molar-refractivity contribution in [1.82, 2.24) is 5.32 Å². The molecule has 1 amide bonds. The number of hydrogen-bond donors (Lipinski definition) is 4. The molecule has 0 saturated carbocycles. The van der Waals surface area contributed by atoms with E-state index in [2.05, 4.69) is 5.32 Å². The van der Waals surface area contributed by atoms with Gasteiger partial charge >= 0.3 is 0 Å². The molecule has 1 aromatic carbocycles. The topological polar surface area (TPSA) is 108 Å². The molecule has 4 N–H and O–H groups in total. The maximum Gasteiger partial charge on any atom is 0.217 e. The van der Waals surface area contributed by atoms with Crippen molar-refractivity contribution in [2.24, 2.45) is 0 Å². The molecule has 1 aromatic rings. The monoisotopic (exact) mass is 379 g/mol. The molecule has 5 unspecified atom stereocenters. The van der Waals surface area contributed by atoms with Crippen molar-refractivity contribution in [3.05, 3.63) is 33.8 Å². The number of ether oxygens (including phenoxy) is 2. The molecular weight excluding hydrogens is 361 g/mol. The van der Waals surface area contributed by atoms with Gasteiger partial charge in [-0.05, 0) is 17.7 Å². The minimum absolute atomic E-state index is 0.0255. The van der Waals surface area contributed by atoms with Crippen LogP contribution in [0, 0.1) is 0 Å². The van der Waals surface area contributed by atoms with Crippen molar-refractivity contribution in [3.63, 3.8) is 0 Å². The molecule has 0 bridgehead atoms. The summed E-state index contributed by atoms with van der Waals surface area (Å²) in [5.74, 6) is -0.421. The molecule has 1 aliphatic heterocycles. The molecule has 0 radical (unpaired) electrons. The number of aliphatic hydroxyl groups excluding tert-OH is 3. The maximum absolute atomic E-state index is 11.3. The third-order valence-corrected chi connectivity index (χ3v) is 4.26. The van der Waals surface area contributed by atoms with Gasteiger partial charge in [-0.15, -0.1) is 0 Å². The van der Waals surface area contributed by atoms with Crippen LogP contribution in [-0.2, 0) is 20.9 Å². The van der Waals surface area contributed by atoms with Crippen LogP contribution >= 0.6 is 23.2 Å². The number of carbonyl (C=O) groups is 1. The Kier molecular flexibility index (Phi) is 6.82. The van der Waals surface area contributed by atoms with Gasteiger partial charge in [0, 0.05) is 17.0 Å². The summed E-state index contributed by atoms with van der Waals surface area (Å²) in [4.78, 5) is 11.3. The fraction of sp³-hybridized carbons (Fsp3) is 0.533. The van der Waals surface area contributed by atoms with Crippen molar-refractivity contribution in [2.45, 2.75) is 44.2 Å². The highest BCUT2D eigenvalue weighted by molar-refractivity contribution is 6.35. The summed E-state index contributed by atoms with van der Waals surface area (Å²) >= 11 is 11.9. The number of aliphatic hydroxyl groups is 3. The Morgan fingerprint density at radius 2 is 2.04 bits per heavy atom. The Hall–Kier alpha value is -0.930. The fourth-order valence-electron chi connectivity index (χ4n) is 2.42. The first kappa shape index (κ1) is 19.4. The SMILES string of the molecule is CC(=O)NC1C(OCc2ccc(Cl)cc2Cl)OC(CO)C(O)C1O.